The molecular formula is C13H11NO2. The Morgan fingerprint density at radius 1 is 1.00 bits per heavy atom. The highest BCUT2D eigenvalue weighted by Gasteiger charge is 2.17. The number of rotatable bonds is 1. The van der Waals surface area contributed by atoms with E-state index < -0.39 is 0 Å². The largest absolute Gasteiger partial charge is 0.453 e. The molecule has 0 aliphatic carbocycles. The van der Waals surface area contributed by atoms with Crippen LogP contribution in [0.1, 0.15) is 5.56 Å². The van der Waals surface area contributed by atoms with Crippen LogP contribution in [0, 0.1) is 0 Å². The summed E-state index contributed by atoms with van der Waals surface area (Å²) < 4.78 is 5.75. The predicted octanol–water partition coefficient (Wildman–Crippen LogP) is 3.03. The van der Waals surface area contributed by atoms with Crippen LogP contribution in [0.5, 0.6) is 11.5 Å². The smallest absolute Gasteiger partial charge is 0.151 e. The van der Waals surface area contributed by atoms with Gasteiger partial charge in [0.25, 0.3) is 0 Å². The number of hydrogen-bond acceptors (Lipinski definition) is 3. The maximum Gasteiger partial charge on any atom is 0.151 e. The molecule has 0 saturated heterocycles. The van der Waals surface area contributed by atoms with Crippen molar-refractivity contribution in [1.29, 1.82) is 0 Å². The van der Waals surface area contributed by atoms with Crippen molar-refractivity contribution in [1.82, 2.24) is 0 Å². The highest BCUT2D eigenvalue weighted by atomic mass is 16.5. The molecule has 0 atom stereocenters. The van der Waals surface area contributed by atoms with Gasteiger partial charge in [0, 0.05) is 5.56 Å². The monoisotopic (exact) mass is 213 g/mol. The molecule has 3 nitrogen and oxygen atoms in total. The molecular weight excluding hydrogens is 202 g/mol. The van der Waals surface area contributed by atoms with Gasteiger partial charge in [0.1, 0.15) is 0 Å². The number of aliphatic hydroxyl groups is 1. The summed E-state index contributed by atoms with van der Waals surface area (Å²) in [5.41, 5.74) is 2.62. The van der Waals surface area contributed by atoms with Crippen molar-refractivity contribution in [2.24, 2.45) is 0 Å². The molecule has 0 amide bonds. The molecule has 2 N–H and O–H groups in total. The van der Waals surface area contributed by atoms with Gasteiger partial charge in [0.05, 0.1) is 18.0 Å². The van der Waals surface area contributed by atoms with E-state index in [-0.39, 0.29) is 6.61 Å². The van der Waals surface area contributed by atoms with E-state index in [1.165, 1.54) is 0 Å². The Morgan fingerprint density at radius 3 is 2.69 bits per heavy atom. The second-order valence-corrected chi connectivity index (χ2v) is 3.67. The van der Waals surface area contributed by atoms with Crippen molar-refractivity contribution in [3.63, 3.8) is 0 Å². The summed E-state index contributed by atoms with van der Waals surface area (Å²) in [4.78, 5) is 0. The van der Waals surface area contributed by atoms with E-state index in [9.17, 15) is 5.11 Å². The molecule has 1 heterocycles. The van der Waals surface area contributed by atoms with Crippen molar-refractivity contribution in [3.8, 4) is 11.5 Å². The Kier molecular flexibility index (Phi) is 2.04. The highest BCUT2D eigenvalue weighted by Crippen LogP contribution is 2.43. The molecule has 3 rings (SSSR count). The number of aliphatic hydroxyl groups excluding tert-OH is 1. The fourth-order valence-corrected chi connectivity index (χ4v) is 1.85. The van der Waals surface area contributed by atoms with Crippen LogP contribution in [0.2, 0.25) is 0 Å². The number of ether oxygens (including phenoxy) is 1. The standard InChI is InChI=1S/C13H11NO2/c15-8-9-4-3-7-12-13(9)14-10-5-1-2-6-11(10)16-12/h1-7,14-15H,8H2. The molecule has 2 aromatic rings. The van der Waals surface area contributed by atoms with E-state index in [0.717, 1.165) is 28.4 Å². The van der Waals surface area contributed by atoms with Gasteiger partial charge >= 0.3 is 0 Å². The lowest BCUT2D eigenvalue weighted by Gasteiger charge is -2.23. The fourth-order valence-electron chi connectivity index (χ4n) is 1.85. The predicted molar refractivity (Wildman–Crippen MR) is 62.2 cm³/mol. The molecule has 0 unspecified atom stereocenters. The van der Waals surface area contributed by atoms with E-state index in [1.807, 2.05) is 42.5 Å². The normalized spacial score (nSPS) is 12.1. The van der Waals surface area contributed by atoms with Crippen LogP contribution >= 0.6 is 0 Å². The Labute approximate surface area is 93.3 Å². The minimum absolute atomic E-state index is 0.00169. The molecule has 2 aromatic carbocycles. The maximum atomic E-state index is 9.25. The number of hydrogen-bond donors (Lipinski definition) is 2. The van der Waals surface area contributed by atoms with Gasteiger partial charge in [-0.2, -0.15) is 0 Å². The van der Waals surface area contributed by atoms with Gasteiger partial charge in [-0.05, 0) is 18.2 Å². The summed E-state index contributed by atoms with van der Waals surface area (Å²) in [6.07, 6.45) is 0. The molecule has 0 saturated carbocycles. The van der Waals surface area contributed by atoms with Crippen molar-refractivity contribution >= 4 is 11.4 Å². The molecule has 0 bridgehead atoms. The Balaban J connectivity index is 2.12. The third kappa shape index (κ3) is 1.33. The molecule has 0 aromatic heterocycles. The summed E-state index contributed by atoms with van der Waals surface area (Å²) >= 11 is 0. The van der Waals surface area contributed by atoms with Gasteiger partial charge in [-0.15, -0.1) is 0 Å². The van der Waals surface area contributed by atoms with Crippen LogP contribution in [0.3, 0.4) is 0 Å². The second kappa shape index (κ2) is 3.54. The lowest BCUT2D eigenvalue weighted by atomic mass is 10.1. The number of fused-ring (bicyclic) bond motifs is 2. The van der Waals surface area contributed by atoms with Gasteiger partial charge in [-0.3, -0.25) is 0 Å². The minimum Gasteiger partial charge on any atom is -0.453 e. The average Bonchev–Trinajstić information content (AvgIpc) is 2.35. The number of benzene rings is 2. The summed E-state index contributed by atoms with van der Waals surface area (Å²) in [5.74, 6) is 1.57. The van der Waals surface area contributed by atoms with Gasteiger partial charge < -0.3 is 15.2 Å². The van der Waals surface area contributed by atoms with E-state index in [2.05, 4.69) is 5.32 Å². The minimum atomic E-state index is 0.00169. The maximum absolute atomic E-state index is 9.25. The summed E-state index contributed by atoms with van der Waals surface area (Å²) in [5, 5.41) is 12.5. The SMILES string of the molecule is OCc1cccc2c1Nc1ccccc1O2. The van der Waals surface area contributed by atoms with Crippen molar-refractivity contribution in [3.05, 3.63) is 48.0 Å². The third-order valence-corrected chi connectivity index (χ3v) is 2.65. The first-order valence-electron chi connectivity index (χ1n) is 5.15. The highest BCUT2D eigenvalue weighted by molar-refractivity contribution is 5.77. The molecule has 1 aliphatic heterocycles. The van der Waals surface area contributed by atoms with Crippen molar-refractivity contribution in [2.45, 2.75) is 6.61 Å². The lowest BCUT2D eigenvalue weighted by Crippen LogP contribution is -2.05. The zero-order valence-corrected chi connectivity index (χ0v) is 8.60. The number of nitrogens with one attached hydrogen (secondary N) is 1. The molecule has 3 heteroatoms. The van der Waals surface area contributed by atoms with E-state index in [4.69, 9.17) is 4.74 Å². The van der Waals surface area contributed by atoms with Crippen LogP contribution in [0.25, 0.3) is 0 Å². The fraction of sp³-hybridized carbons (Fsp3) is 0.0769. The Bertz CT molecular complexity index is 537. The van der Waals surface area contributed by atoms with E-state index >= 15 is 0 Å². The topological polar surface area (TPSA) is 41.5 Å². The Hall–Kier alpha value is -2.00. The lowest BCUT2D eigenvalue weighted by molar-refractivity contribution is 0.282. The molecule has 16 heavy (non-hydrogen) atoms. The number of para-hydroxylation sites is 3. The molecule has 0 radical (unpaired) electrons. The van der Waals surface area contributed by atoms with Crippen LogP contribution in [0.15, 0.2) is 42.5 Å². The quantitative estimate of drug-likeness (QED) is 0.652. The second-order valence-electron chi connectivity index (χ2n) is 3.67. The van der Waals surface area contributed by atoms with Crippen LogP contribution in [0.4, 0.5) is 11.4 Å². The first-order chi connectivity index (χ1) is 7.88. The Morgan fingerprint density at radius 2 is 1.81 bits per heavy atom. The van der Waals surface area contributed by atoms with Crippen LogP contribution in [-0.4, -0.2) is 5.11 Å². The zero-order chi connectivity index (χ0) is 11.0. The molecule has 0 spiro atoms. The van der Waals surface area contributed by atoms with E-state index in [1.54, 1.807) is 0 Å². The van der Waals surface area contributed by atoms with E-state index in [0.29, 0.717) is 0 Å². The van der Waals surface area contributed by atoms with Gasteiger partial charge in [0.2, 0.25) is 0 Å². The van der Waals surface area contributed by atoms with Gasteiger partial charge in [0.15, 0.2) is 11.5 Å². The van der Waals surface area contributed by atoms with Crippen LogP contribution < -0.4 is 10.1 Å². The van der Waals surface area contributed by atoms with Gasteiger partial charge in [-0.25, -0.2) is 0 Å². The summed E-state index contributed by atoms with van der Waals surface area (Å²) in [6, 6.07) is 13.4. The first-order valence-corrected chi connectivity index (χ1v) is 5.15. The first kappa shape index (κ1) is 9.24. The summed E-state index contributed by atoms with van der Waals surface area (Å²) in [6.45, 7) is 0.00169. The average molecular weight is 213 g/mol. The van der Waals surface area contributed by atoms with Crippen LogP contribution in [-0.2, 0) is 6.61 Å². The molecule has 80 valence electrons. The third-order valence-electron chi connectivity index (χ3n) is 2.65. The van der Waals surface area contributed by atoms with Gasteiger partial charge in [-0.1, -0.05) is 24.3 Å². The van der Waals surface area contributed by atoms with Crippen molar-refractivity contribution < 1.29 is 9.84 Å². The summed E-state index contributed by atoms with van der Waals surface area (Å²) in [7, 11) is 0. The molecule has 0 fully saturated rings. The van der Waals surface area contributed by atoms with Crippen molar-refractivity contribution in [2.75, 3.05) is 5.32 Å². The molecule has 1 aliphatic rings. The zero-order valence-electron chi connectivity index (χ0n) is 8.60. The number of anilines is 2.